The number of hydrogen-bond acceptors (Lipinski definition) is 6. The number of nitrogens with two attached hydrogens (primary N) is 1. The van der Waals surface area contributed by atoms with Crippen LogP contribution < -0.4 is 5.73 Å². The van der Waals surface area contributed by atoms with E-state index in [1.54, 1.807) is 0 Å². The number of aromatic nitrogens is 2. The molecule has 7 nitrogen and oxygen atoms in total. The second-order valence-corrected chi connectivity index (χ2v) is 6.94. The monoisotopic (exact) mass is 427 g/mol. The molecule has 1 aromatic carbocycles. The highest BCUT2D eigenvalue weighted by atomic mass is 19.3. The molecule has 2 aromatic heterocycles. The maximum Gasteiger partial charge on any atom is 0.280 e. The van der Waals surface area contributed by atoms with Crippen LogP contribution >= 0.6 is 0 Å². The lowest BCUT2D eigenvalue weighted by molar-refractivity contribution is -0.129. The van der Waals surface area contributed by atoms with Crippen LogP contribution in [-0.4, -0.2) is 38.9 Å². The first kappa shape index (κ1) is 20.3. The van der Waals surface area contributed by atoms with Crippen LogP contribution in [0.15, 0.2) is 60.0 Å². The molecule has 0 radical (unpaired) electrons. The number of nitrogens with zero attached hydrogens (tertiary/aromatic N) is 4. The van der Waals surface area contributed by atoms with E-state index in [2.05, 4.69) is 15.0 Å². The highest BCUT2D eigenvalue weighted by molar-refractivity contribution is 6.09. The molecule has 0 spiro atoms. The Morgan fingerprint density at radius 1 is 1.13 bits per heavy atom. The van der Waals surface area contributed by atoms with E-state index in [4.69, 9.17) is 5.73 Å². The number of hydrogen-bond donors (Lipinski definition) is 2. The molecule has 3 N–H and O–H groups in total. The van der Waals surface area contributed by atoms with Gasteiger partial charge in [-0.1, -0.05) is 6.07 Å². The number of phenols is 1. The van der Waals surface area contributed by atoms with E-state index in [-0.39, 0.29) is 34.0 Å². The fourth-order valence-electron chi connectivity index (χ4n) is 3.53. The van der Waals surface area contributed by atoms with Gasteiger partial charge in [0.25, 0.3) is 12.3 Å². The summed E-state index contributed by atoms with van der Waals surface area (Å²) in [6.07, 6.45) is 0.653. The normalized spacial score (nSPS) is 18.5. The second kappa shape index (κ2) is 7.38. The summed E-state index contributed by atoms with van der Waals surface area (Å²) in [5.74, 6) is -1.50. The number of phenolic OH excluding ortho intramolecular Hbond substituents is 1. The molecule has 1 aliphatic heterocycles. The van der Waals surface area contributed by atoms with E-state index in [9.17, 15) is 23.1 Å². The van der Waals surface area contributed by atoms with Gasteiger partial charge in [0.05, 0.1) is 6.20 Å². The Bertz CT molecular complexity index is 1220. The number of aromatic hydroxyl groups is 1. The van der Waals surface area contributed by atoms with Crippen LogP contribution in [0.3, 0.4) is 0 Å². The minimum atomic E-state index is -2.86. The summed E-state index contributed by atoms with van der Waals surface area (Å²) in [7, 11) is 1.41. The number of aliphatic imine (C=N–C) groups is 1. The summed E-state index contributed by atoms with van der Waals surface area (Å²) in [6.45, 7) is 0. The number of halogens is 3. The van der Waals surface area contributed by atoms with E-state index < -0.39 is 29.4 Å². The highest BCUT2D eigenvalue weighted by Gasteiger charge is 2.50. The van der Waals surface area contributed by atoms with Crippen LogP contribution in [0.5, 0.6) is 5.75 Å². The summed E-state index contributed by atoms with van der Waals surface area (Å²) >= 11 is 0. The van der Waals surface area contributed by atoms with Crippen molar-refractivity contribution in [3.05, 3.63) is 77.6 Å². The van der Waals surface area contributed by atoms with Crippen molar-refractivity contribution in [1.29, 1.82) is 0 Å². The maximum atomic E-state index is 13.7. The number of alkyl halides is 2. The molecule has 0 fully saturated rings. The molecule has 0 bridgehead atoms. The first-order valence-corrected chi connectivity index (χ1v) is 9.06. The number of likely N-dealkylation sites (N-methyl/N-ethyl adjacent to an activating group) is 1. The van der Waals surface area contributed by atoms with Crippen molar-refractivity contribution in [2.24, 2.45) is 10.7 Å². The summed E-state index contributed by atoms with van der Waals surface area (Å²) < 4.78 is 40.3. The van der Waals surface area contributed by atoms with Crippen molar-refractivity contribution in [2.45, 2.75) is 12.0 Å². The number of rotatable bonds is 4. The predicted molar refractivity (Wildman–Crippen MR) is 106 cm³/mol. The Kier molecular flexibility index (Phi) is 4.84. The van der Waals surface area contributed by atoms with Gasteiger partial charge in [-0.2, -0.15) is 0 Å². The fourth-order valence-corrected chi connectivity index (χ4v) is 3.53. The molecule has 1 aliphatic rings. The maximum absolute atomic E-state index is 13.7. The Labute approximate surface area is 174 Å². The van der Waals surface area contributed by atoms with Crippen LogP contribution in [0.2, 0.25) is 0 Å². The SMILES string of the molecule is CN1C(=O)C(c2ccnc(C(F)F)c2)(c2ccc(O)c(-c3cncc(F)c3)c2)N=C1N. The largest absolute Gasteiger partial charge is 0.507 e. The molecule has 1 amide bonds. The van der Waals surface area contributed by atoms with Crippen LogP contribution in [-0.2, 0) is 10.3 Å². The Morgan fingerprint density at radius 3 is 2.52 bits per heavy atom. The van der Waals surface area contributed by atoms with E-state index in [0.717, 1.165) is 23.4 Å². The van der Waals surface area contributed by atoms with E-state index in [1.165, 1.54) is 43.6 Å². The third-order valence-corrected chi connectivity index (χ3v) is 5.09. The average Bonchev–Trinajstić information content (AvgIpc) is 2.99. The van der Waals surface area contributed by atoms with Gasteiger partial charge in [0, 0.05) is 30.6 Å². The zero-order valence-electron chi connectivity index (χ0n) is 16.1. The van der Waals surface area contributed by atoms with Crippen LogP contribution in [0, 0.1) is 5.82 Å². The molecule has 0 saturated carbocycles. The first-order valence-electron chi connectivity index (χ1n) is 9.06. The van der Waals surface area contributed by atoms with Crippen molar-refractivity contribution >= 4 is 11.9 Å². The van der Waals surface area contributed by atoms with Crippen molar-refractivity contribution in [2.75, 3.05) is 7.05 Å². The standard InChI is InChI=1S/C21H16F3N5O2/c1-29-19(31)21(28-20(29)25,13-4-5-27-16(8-13)18(23)24)12-2-3-17(30)15(7-12)11-6-14(22)10-26-9-11/h2-10,18,30H,1H3,(H2,25,28). The van der Waals surface area contributed by atoms with Gasteiger partial charge < -0.3 is 10.8 Å². The number of pyridine rings is 2. The molecule has 1 unspecified atom stereocenters. The Hall–Kier alpha value is -3.95. The van der Waals surface area contributed by atoms with Crippen LogP contribution in [0.4, 0.5) is 13.2 Å². The summed E-state index contributed by atoms with van der Waals surface area (Å²) in [5.41, 5.74) is 4.40. The molecule has 10 heteroatoms. The van der Waals surface area contributed by atoms with Gasteiger partial charge in [-0.05, 0) is 41.5 Å². The van der Waals surface area contributed by atoms with E-state index in [1.807, 2.05) is 0 Å². The zero-order valence-corrected chi connectivity index (χ0v) is 16.1. The van der Waals surface area contributed by atoms with Gasteiger partial charge in [0.15, 0.2) is 11.5 Å². The smallest absolute Gasteiger partial charge is 0.280 e. The number of benzene rings is 1. The molecular weight excluding hydrogens is 411 g/mol. The lowest BCUT2D eigenvalue weighted by atomic mass is 9.81. The molecule has 158 valence electrons. The number of carbonyl (C=O) groups excluding carboxylic acids is 1. The molecule has 0 aliphatic carbocycles. The fraction of sp³-hybridized carbons (Fsp3) is 0.143. The summed E-state index contributed by atoms with van der Waals surface area (Å²) in [6, 6.07) is 7.83. The molecule has 1 atom stereocenters. The average molecular weight is 427 g/mol. The topological polar surface area (TPSA) is 105 Å². The molecule has 0 saturated heterocycles. The first-order chi connectivity index (χ1) is 14.7. The predicted octanol–water partition coefficient (Wildman–Crippen LogP) is 2.96. The van der Waals surface area contributed by atoms with Crippen molar-refractivity contribution < 1.29 is 23.1 Å². The van der Waals surface area contributed by atoms with Gasteiger partial charge in [0.1, 0.15) is 17.3 Å². The second-order valence-electron chi connectivity index (χ2n) is 6.94. The third-order valence-electron chi connectivity index (χ3n) is 5.09. The Balaban J connectivity index is 1.98. The Morgan fingerprint density at radius 2 is 1.87 bits per heavy atom. The minimum absolute atomic E-state index is 0.109. The summed E-state index contributed by atoms with van der Waals surface area (Å²) in [4.78, 5) is 26.2. The van der Waals surface area contributed by atoms with Gasteiger partial charge in [-0.15, -0.1) is 0 Å². The van der Waals surface area contributed by atoms with E-state index >= 15 is 0 Å². The van der Waals surface area contributed by atoms with Crippen molar-refractivity contribution in [1.82, 2.24) is 14.9 Å². The van der Waals surface area contributed by atoms with Gasteiger partial charge in [0.2, 0.25) is 0 Å². The number of amides is 1. The minimum Gasteiger partial charge on any atom is -0.507 e. The summed E-state index contributed by atoms with van der Waals surface area (Å²) in [5, 5.41) is 10.3. The van der Waals surface area contributed by atoms with Gasteiger partial charge in [-0.3, -0.25) is 19.7 Å². The molecule has 3 aromatic rings. The molecule has 31 heavy (non-hydrogen) atoms. The van der Waals surface area contributed by atoms with E-state index in [0.29, 0.717) is 0 Å². The lowest BCUT2D eigenvalue weighted by Gasteiger charge is -2.27. The zero-order chi connectivity index (χ0) is 22.3. The molecule has 4 rings (SSSR count). The molecular formula is C21H16F3N5O2. The van der Waals surface area contributed by atoms with Crippen molar-refractivity contribution in [3.8, 4) is 16.9 Å². The highest BCUT2D eigenvalue weighted by Crippen LogP contribution is 2.42. The van der Waals surface area contributed by atoms with Crippen molar-refractivity contribution in [3.63, 3.8) is 0 Å². The number of guanidine groups is 1. The van der Waals surface area contributed by atoms with Gasteiger partial charge >= 0.3 is 0 Å². The number of carbonyl (C=O) groups is 1. The quantitative estimate of drug-likeness (QED) is 0.666. The van der Waals surface area contributed by atoms with Crippen LogP contribution in [0.25, 0.3) is 11.1 Å². The molecule has 3 heterocycles. The van der Waals surface area contributed by atoms with Gasteiger partial charge in [-0.25, -0.2) is 18.2 Å². The third kappa shape index (κ3) is 3.25. The van der Waals surface area contributed by atoms with Crippen LogP contribution in [0.1, 0.15) is 23.2 Å². The lowest BCUT2D eigenvalue weighted by Crippen LogP contribution is -2.41.